The predicted molar refractivity (Wildman–Crippen MR) is 115 cm³/mol. The van der Waals surface area contributed by atoms with E-state index in [1.54, 1.807) is 0 Å². The fraction of sp³-hybridized carbons (Fsp3) is 0.583. The zero-order valence-corrected chi connectivity index (χ0v) is 17.7. The molecule has 2 aliphatic rings. The molecule has 2 saturated heterocycles. The lowest BCUT2D eigenvalue weighted by atomic mass is 9.93. The third-order valence-corrected chi connectivity index (χ3v) is 6.32. The van der Waals surface area contributed by atoms with Crippen LogP contribution in [0.5, 0.6) is 0 Å². The number of hydrogen-bond donors (Lipinski definition) is 1. The lowest BCUT2D eigenvalue weighted by molar-refractivity contribution is -0.132. The van der Waals surface area contributed by atoms with Crippen LogP contribution in [-0.4, -0.2) is 35.4 Å². The minimum atomic E-state index is -0.0227. The van der Waals surface area contributed by atoms with Crippen LogP contribution in [0.15, 0.2) is 34.7 Å². The molecule has 4 rings (SSSR count). The van der Waals surface area contributed by atoms with Gasteiger partial charge in [0.1, 0.15) is 17.5 Å². The molecule has 1 amide bonds. The molecule has 0 bridgehead atoms. The number of nitrogens with zero attached hydrogens (tertiary/aromatic N) is 2. The zero-order chi connectivity index (χ0) is 20.2. The van der Waals surface area contributed by atoms with Crippen molar-refractivity contribution >= 4 is 5.91 Å². The normalized spacial score (nSPS) is 20.5. The highest BCUT2D eigenvalue weighted by atomic mass is 16.4. The average Bonchev–Trinajstić information content (AvgIpc) is 3.40. The van der Waals surface area contributed by atoms with Crippen LogP contribution in [0.2, 0.25) is 0 Å². The second kappa shape index (κ2) is 9.12. The molecule has 0 saturated carbocycles. The Bertz CT molecular complexity index is 809. The Labute approximate surface area is 173 Å². The summed E-state index contributed by atoms with van der Waals surface area (Å²) < 4.78 is 6.28. The number of amides is 1. The van der Waals surface area contributed by atoms with E-state index in [1.807, 2.05) is 23.1 Å². The van der Waals surface area contributed by atoms with Gasteiger partial charge in [-0.3, -0.25) is 4.79 Å². The molecule has 0 aliphatic carbocycles. The molecule has 0 radical (unpaired) electrons. The van der Waals surface area contributed by atoms with E-state index in [0.717, 1.165) is 55.9 Å². The number of nitrogens with one attached hydrogen (secondary N) is 1. The topological polar surface area (TPSA) is 58.4 Å². The molecular formula is C24H33N3O2. The molecular weight excluding hydrogens is 362 g/mol. The van der Waals surface area contributed by atoms with Gasteiger partial charge in [-0.1, -0.05) is 44.2 Å². The van der Waals surface area contributed by atoms with Gasteiger partial charge < -0.3 is 14.6 Å². The molecule has 1 unspecified atom stereocenters. The van der Waals surface area contributed by atoms with Gasteiger partial charge in [0.15, 0.2) is 0 Å². The summed E-state index contributed by atoms with van der Waals surface area (Å²) in [5, 5.41) is 3.40. The lowest BCUT2D eigenvalue weighted by Gasteiger charge is -2.25. The van der Waals surface area contributed by atoms with Gasteiger partial charge in [-0.25, -0.2) is 4.98 Å². The number of piperidine rings is 1. The Morgan fingerprint density at radius 2 is 1.97 bits per heavy atom. The van der Waals surface area contributed by atoms with E-state index in [4.69, 9.17) is 9.40 Å². The smallest absolute Gasteiger partial charge is 0.223 e. The summed E-state index contributed by atoms with van der Waals surface area (Å²) in [5.41, 5.74) is 2.00. The second-order valence-electron chi connectivity index (χ2n) is 8.76. The number of oxazole rings is 1. The van der Waals surface area contributed by atoms with Gasteiger partial charge in [-0.05, 0) is 51.1 Å². The maximum absolute atomic E-state index is 13.0. The van der Waals surface area contributed by atoms with Gasteiger partial charge in [0.2, 0.25) is 11.8 Å². The molecule has 29 heavy (non-hydrogen) atoms. The Hall–Kier alpha value is -2.14. The Morgan fingerprint density at radius 3 is 2.69 bits per heavy atom. The van der Waals surface area contributed by atoms with Crippen LogP contribution in [0.4, 0.5) is 0 Å². The summed E-state index contributed by atoms with van der Waals surface area (Å²) in [6.07, 6.45) is 5.98. The molecule has 1 atom stereocenters. The van der Waals surface area contributed by atoms with E-state index < -0.39 is 0 Å². The highest BCUT2D eigenvalue weighted by Crippen LogP contribution is 2.37. The standard InChI is InChI=1S/C24H33N3O2/c1-17(2)23-22(19-7-4-3-5-8-19)26-24(29-23)20-9-6-16-27(20)21(28)11-10-18-12-14-25-15-13-18/h3-5,7-8,17-18,20,25H,6,9-16H2,1-2H3. The summed E-state index contributed by atoms with van der Waals surface area (Å²) in [6, 6.07) is 10.2. The van der Waals surface area contributed by atoms with Crippen molar-refractivity contribution in [3.8, 4) is 11.3 Å². The number of rotatable bonds is 6. The highest BCUT2D eigenvalue weighted by molar-refractivity contribution is 5.77. The quantitative estimate of drug-likeness (QED) is 0.755. The van der Waals surface area contributed by atoms with Gasteiger partial charge in [-0.2, -0.15) is 0 Å². The van der Waals surface area contributed by atoms with Crippen LogP contribution in [0.3, 0.4) is 0 Å². The number of aromatic nitrogens is 1. The van der Waals surface area contributed by atoms with Crippen molar-refractivity contribution in [3.05, 3.63) is 42.0 Å². The van der Waals surface area contributed by atoms with Crippen molar-refractivity contribution in [2.24, 2.45) is 5.92 Å². The largest absolute Gasteiger partial charge is 0.442 e. The molecule has 156 valence electrons. The number of benzene rings is 1. The monoisotopic (exact) mass is 395 g/mol. The predicted octanol–water partition coefficient (Wildman–Crippen LogP) is 4.91. The molecule has 2 aromatic rings. The Balaban J connectivity index is 1.50. The number of hydrogen-bond acceptors (Lipinski definition) is 4. The first-order valence-electron chi connectivity index (χ1n) is 11.2. The summed E-state index contributed by atoms with van der Waals surface area (Å²) in [5.74, 6) is 2.81. The van der Waals surface area contributed by atoms with Gasteiger partial charge in [-0.15, -0.1) is 0 Å². The van der Waals surface area contributed by atoms with Crippen LogP contribution in [0.1, 0.15) is 76.0 Å². The van der Waals surface area contributed by atoms with Gasteiger partial charge in [0, 0.05) is 24.4 Å². The van der Waals surface area contributed by atoms with Crippen molar-refractivity contribution in [1.29, 1.82) is 0 Å². The minimum Gasteiger partial charge on any atom is -0.442 e. The van der Waals surface area contributed by atoms with Crippen molar-refractivity contribution in [3.63, 3.8) is 0 Å². The van der Waals surface area contributed by atoms with Gasteiger partial charge in [0.05, 0.1) is 0 Å². The summed E-state index contributed by atoms with van der Waals surface area (Å²) in [4.78, 5) is 19.9. The first-order valence-corrected chi connectivity index (χ1v) is 11.2. The fourth-order valence-corrected chi connectivity index (χ4v) is 4.65. The molecule has 5 heteroatoms. The van der Waals surface area contributed by atoms with Crippen molar-refractivity contribution in [1.82, 2.24) is 15.2 Å². The average molecular weight is 396 g/mol. The van der Waals surface area contributed by atoms with Crippen LogP contribution in [0.25, 0.3) is 11.3 Å². The Kier molecular flexibility index (Phi) is 6.34. The van der Waals surface area contributed by atoms with Crippen molar-refractivity contribution < 1.29 is 9.21 Å². The van der Waals surface area contributed by atoms with E-state index in [0.29, 0.717) is 18.2 Å². The molecule has 2 aliphatic heterocycles. The van der Waals surface area contributed by atoms with E-state index >= 15 is 0 Å². The van der Waals surface area contributed by atoms with Crippen LogP contribution < -0.4 is 5.32 Å². The number of carbonyl (C=O) groups excluding carboxylic acids is 1. The lowest BCUT2D eigenvalue weighted by Crippen LogP contribution is -2.32. The van der Waals surface area contributed by atoms with E-state index in [2.05, 4.69) is 31.3 Å². The van der Waals surface area contributed by atoms with Gasteiger partial charge in [0.25, 0.3) is 0 Å². The molecule has 1 N–H and O–H groups in total. The molecule has 5 nitrogen and oxygen atoms in total. The SMILES string of the molecule is CC(C)c1oc(C2CCCN2C(=O)CCC2CCNCC2)nc1-c1ccccc1. The Morgan fingerprint density at radius 1 is 1.21 bits per heavy atom. The third-order valence-electron chi connectivity index (χ3n) is 6.32. The van der Waals surface area contributed by atoms with E-state index in [1.165, 1.54) is 12.8 Å². The number of likely N-dealkylation sites (tertiary alicyclic amines) is 1. The zero-order valence-electron chi connectivity index (χ0n) is 17.7. The molecule has 2 fully saturated rings. The maximum Gasteiger partial charge on any atom is 0.223 e. The maximum atomic E-state index is 13.0. The van der Waals surface area contributed by atoms with Crippen molar-refractivity contribution in [2.45, 2.75) is 64.3 Å². The van der Waals surface area contributed by atoms with Crippen LogP contribution >= 0.6 is 0 Å². The van der Waals surface area contributed by atoms with Crippen LogP contribution in [0, 0.1) is 5.92 Å². The summed E-state index contributed by atoms with van der Waals surface area (Å²) in [7, 11) is 0. The molecule has 3 heterocycles. The molecule has 1 aromatic heterocycles. The van der Waals surface area contributed by atoms with Crippen molar-refractivity contribution in [2.75, 3.05) is 19.6 Å². The number of carbonyl (C=O) groups is 1. The summed E-state index contributed by atoms with van der Waals surface area (Å²) >= 11 is 0. The minimum absolute atomic E-state index is 0.0227. The highest BCUT2D eigenvalue weighted by Gasteiger charge is 2.34. The first-order chi connectivity index (χ1) is 14.1. The van der Waals surface area contributed by atoms with Gasteiger partial charge >= 0.3 is 0 Å². The van der Waals surface area contributed by atoms with E-state index in [9.17, 15) is 4.79 Å². The molecule has 1 aromatic carbocycles. The van der Waals surface area contributed by atoms with Crippen LogP contribution in [-0.2, 0) is 4.79 Å². The molecule has 0 spiro atoms. The first kappa shape index (κ1) is 20.1. The van der Waals surface area contributed by atoms with E-state index in [-0.39, 0.29) is 17.9 Å². The second-order valence-corrected chi connectivity index (χ2v) is 8.76. The third kappa shape index (κ3) is 4.55. The summed E-state index contributed by atoms with van der Waals surface area (Å²) in [6.45, 7) is 7.25. The fourth-order valence-electron chi connectivity index (χ4n) is 4.65.